The van der Waals surface area contributed by atoms with Crippen molar-refractivity contribution in [1.29, 1.82) is 0 Å². The van der Waals surface area contributed by atoms with Gasteiger partial charge in [-0.3, -0.25) is 19.2 Å². The molecule has 35 heavy (non-hydrogen) atoms. The molecule has 0 aliphatic carbocycles. The standard InChI is InChI=1S/C22H33N5O6S2/c1-35-10-9-16(25-19(29)14(23)12-34)21(31)26-15(7-8-18(24)28)20(30)27-17(22(32)33)11-13-5-3-2-4-6-13/h2-6,14-17,34H,7-12,23H2,1H3,(H2,24,28)(H,25,29)(H,26,31)(H,27,30)(H,32,33). The lowest BCUT2D eigenvalue weighted by Gasteiger charge is -2.25. The molecule has 0 aliphatic rings. The molecule has 0 fully saturated rings. The highest BCUT2D eigenvalue weighted by molar-refractivity contribution is 7.98. The molecule has 0 bridgehead atoms. The number of thiol groups is 1. The van der Waals surface area contributed by atoms with E-state index >= 15 is 0 Å². The molecule has 0 saturated carbocycles. The smallest absolute Gasteiger partial charge is 0.326 e. The maximum absolute atomic E-state index is 13.0. The van der Waals surface area contributed by atoms with Gasteiger partial charge in [0, 0.05) is 18.6 Å². The van der Waals surface area contributed by atoms with E-state index in [1.807, 2.05) is 6.26 Å². The number of nitrogens with two attached hydrogens (primary N) is 2. The fourth-order valence-electron chi connectivity index (χ4n) is 3.02. The topological polar surface area (TPSA) is 194 Å². The molecular formula is C22H33N5O6S2. The van der Waals surface area contributed by atoms with Crippen LogP contribution in [0.5, 0.6) is 0 Å². The van der Waals surface area contributed by atoms with Crippen LogP contribution in [0, 0.1) is 0 Å². The van der Waals surface area contributed by atoms with Crippen molar-refractivity contribution in [2.45, 2.75) is 49.9 Å². The Morgan fingerprint density at radius 2 is 1.49 bits per heavy atom. The highest BCUT2D eigenvalue weighted by Crippen LogP contribution is 2.07. The summed E-state index contributed by atoms with van der Waals surface area (Å²) in [5.41, 5.74) is 11.6. The normalized spacial score (nSPS) is 14.1. The summed E-state index contributed by atoms with van der Waals surface area (Å²) in [4.78, 5) is 61.2. The molecule has 8 N–H and O–H groups in total. The van der Waals surface area contributed by atoms with Gasteiger partial charge < -0.3 is 32.5 Å². The molecule has 1 rings (SSSR count). The first-order valence-electron chi connectivity index (χ1n) is 10.9. The van der Waals surface area contributed by atoms with Gasteiger partial charge in [-0.15, -0.1) is 0 Å². The minimum atomic E-state index is -1.27. The number of hydrogen-bond acceptors (Lipinski definition) is 8. The quantitative estimate of drug-likeness (QED) is 0.134. The van der Waals surface area contributed by atoms with Gasteiger partial charge in [-0.1, -0.05) is 30.3 Å². The van der Waals surface area contributed by atoms with Crippen molar-refractivity contribution < 1.29 is 29.1 Å². The SMILES string of the molecule is CSCCC(NC(=O)C(N)CS)C(=O)NC(CCC(N)=O)C(=O)NC(Cc1ccccc1)C(=O)O. The fraction of sp³-hybridized carbons (Fsp3) is 0.500. The van der Waals surface area contributed by atoms with E-state index in [-0.39, 0.29) is 31.4 Å². The van der Waals surface area contributed by atoms with E-state index in [0.29, 0.717) is 11.3 Å². The molecule has 4 unspecified atom stereocenters. The van der Waals surface area contributed by atoms with Crippen molar-refractivity contribution in [2.75, 3.05) is 17.8 Å². The van der Waals surface area contributed by atoms with Gasteiger partial charge in [-0.2, -0.15) is 24.4 Å². The van der Waals surface area contributed by atoms with E-state index in [2.05, 4.69) is 28.6 Å². The summed E-state index contributed by atoms with van der Waals surface area (Å²) in [6.45, 7) is 0. The predicted molar refractivity (Wildman–Crippen MR) is 137 cm³/mol. The Morgan fingerprint density at radius 3 is 2.00 bits per heavy atom. The zero-order chi connectivity index (χ0) is 26.4. The maximum Gasteiger partial charge on any atom is 0.326 e. The molecule has 1 aromatic carbocycles. The molecule has 0 spiro atoms. The second-order valence-electron chi connectivity index (χ2n) is 7.79. The molecule has 0 saturated heterocycles. The Kier molecular flexibility index (Phi) is 13.8. The van der Waals surface area contributed by atoms with Crippen molar-refractivity contribution in [2.24, 2.45) is 11.5 Å². The summed E-state index contributed by atoms with van der Waals surface area (Å²) in [5.74, 6) is -3.37. The Bertz CT molecular complexity index is 873. The van der Waals surface area contributed by atoms with Crippen molar-refractivity contribution in [3.63, 3.8) is 0 Å². The van der Waals surface area contributed by atoms with Crippen LogP contribution < -0.4 is 27.4 Å². The number of thioether (sulfide) groups is 1. The maximum atomic E-state index is 13.0. The van der Waals surface area contributed by atoms with Crippen LogP contribution in [0.2, 0.25) is 0 Å². The molecule has 0 heterocycles. The molecule has 13 heteroatoms. The average molecular weight is 528 g/mol. The number of primary amides is 1. The molecular weight excluding hydrogens is 494 g/mol. The minimum Gasteiger partial charge on any atom is -0.480 e. The zero-order valence-corrected chi connectivity index (χ0v) is 21.1. The molecule has 194 valence electrons. The number of hydrogen-bond donors (Lipinski definition) is 7. The van der Waals surface area contributed by atoms with Crippen LogP contribution in [-0.2, 0) is 30.4 Å². The van der Waals surface area contributed by atoms with Crippen LogP contribution in [0.25, 0.3) is 0 Å². The second kappa shape index (κ2) is 16.0. The van der Waals surface area contributed by atoms with E-state index in [1.165, 1.54) is 11.8 Å². The molecule has 11 nitrogen and oxygen atoms in total. The molecule has 0 aromatic heterocycles. The summed E-state index contributed by atoms with van der Waals surface area (Å²) >= 11 is 5.43. The number of carbonyl (C=O) groups excluding carboxylic acids is 4. The minimum absolute atomic E-state index is 0.0203. The van der Waals surface area contributed by atoms with Crippen LogP contribution in [-0.4, -0.2) is 76.6 Å². The molecule has 4 amide bonds. The number of carboxylic acid groups (broad SMARTS) is 1. The number of rotatable bonds is 16. The van der Waals surface area contributed by atoms with E-state index in [1.54, 1.807) is 30.3 Å². The lowest BCUT2D eigenvalue weighted by Crippen LogP contribution is -2.57. The molecule has 0 aliphatic heterocycles. The lowest BCUT2D eigenvalue weighted by atomic mass is 10.0. The summed E-state index contributed by atoms with van der Waals surface area (Å²) in [7, 11) is 0. The van der Waals surface area contributed by atoms with Gasteiger partial charge in [0.2, 0.25) is 23.6 Å². The number of nitrogens with one attached hydrogen (secondary N) is 3. The van der Waals surface area contributed by atoms with Crippen LogP contribution in [0.4, 0.5) is 0 Å². The Balaban J connectivity index is 3.00. The zero-order valence-electron chi connectivity index (χ0n) is 19.4. The largest absolute Gasteiger partial charge is 0.480 e. The highest BCUT2D eigenvalue weighted by atomic mass is 32.2. The van der Waals surface area contributed by atoms with Crippen molar-refractivity contribution in [3.05, 3.63) is 35.9 Å². The Labute approximate surface area is 213 Å². The monoisotopic (exact) mass is 527 g/mol. The third-order valence-electron chi connectivity index (χ3n) is 4.99. The van der Waals surface area contributed by atoms with Gasteiger partial charge in [-0.25, -0.2) is 4.79 Å². The lowest BCUT2D eigenvalue weighted by molar-refractivity contribution is -0.142. The third kappa shape index (κ3) is 11.5. The summed E-state index contributed by atoms with van der Waals surface area (Å²) in [5, 5.41) is 17.1. The van der Waals surface area contributed by atoms with Gasteiger partial charge in [0.1, 0.15) is 18.1 Å². The van der Waals surface area contributed by atoms with Crippen molar-refractivity contribution in [1.82, 2.24) is 16.0 Å². The van der Waals surface area contributed by atoms with E-state index in [9.17, 15) is 29.1 Å². The fourth-order valence-corrected chi connectivity index (χ4v) is 3.65. The van der Waals surface area contributed by atoms with E-state index < -0.39 is 53.8 Å². The highest BCUT2D eigenvalue weighted by Gasteiger charge is 2.30. The van der Waals surface area contributed by atoms with Gasteiger partial charge >= 0.3 is 5.97 Å². The van der Waals surface area contributed by atoms with Crippen molar-refractivity contribution in [3.8, 4) is 0 Å². The second-order valence-corrected chi connectivity index (χ2v) is 9.14. The van der Waals surface area contributed by atoms with Crippen LogP contribution >= 0.6 is 24.4 Å². The summed E-state index contributed by atoms with van der Waals surface area (Å²) in [6.07, 6.45) is 1.74. The van der Waals surface area contributed by atoms with E-state index in [0.717, 1.165) is 0 Å². The number of carboxylic acids is 1. The number of benzene rings is 1. The molecule has 4 atom stereocenters. The number of aliphatic carboxylic acids is 1. The first kappa shape index (κ1) is 30.3. The first-order chi connectivity index (χ1) is 16.6. The van der Waals surface area contributed by atoms with E-state index in [4.69, 9.17) is 11.5 Å². The summed E-state index contributed by atoms with van der Waals surface area (Å²) < 4.78 is 0. The average Bonchev–Trinajstić information content (AvgIpc) is 2.83. The molecule has 0 radical (unpaired) electrons. The third-order valence-corrected chi connectivity index (χ3v) is 6.02. The van der Waals surface area contributed by atoms with Crippen LogP contribution in [0.15, 0.2) is 30.3 Å². The first-order valence-corrected chi connectivity index (χ1v) is 12.9. The number of carbonyl (C=O) groups is 5. The Morgan fingerprint density at radius 1 is 0.943 bits per heavy atom. The van der Waals surface area contributed by atoms with Gasteiger partial charge in [-0.05, 0) is 30.4 Å². The molecule has 1 aromatic rings. The van der Waals surface area contributed by atoms with Gasteiger partial charge in [0.15, 0.2) is 0 Å². The van der Waals surface area contributed by atoms with Crippen LogP contribution in [0.1, 0.15) is 24.8 Å². The van der Waals surface area contributed by atoms with Crippen LogP contribution in [0.3, 0.4) is 0 Å². The summed E-state index contributed by atoms with van der Waals surface area (Å²) in [6, 6.07) is 4.28. The number of amides is 4. The Hall–Kier alpha value is -2.77. The van der Waals surface area contributed by atoms with Gasteiger partial charge in [0.25, 0.3) is 0 Å². The predicted octanol–water partition coefficient (Wildman–Crippen LogP) is -0.956. The van der Waals surface area contributed by atoms with Crippen molar-refractivity contribution >= 4 is 54.0 Å². The van der Waals surface area contributed by atoms with Gasteiger partial charge in [0.05, 0.1) is 6.04 Å².